The van der Waals surface area contributed by atoms with Gasteiger partial charge in [0.2, 0.25) is 0 Å². The first kappa shape index (κ1) is 12.4. The number of hydrogen-bond acceptors (Lipinski definition) is 2. The summed E-state index contributed by atoms with van der Waals surface area (Å²) in [6.45, 7) is 4.07. The molecule has 0 aromatic heterocycles. The van der Waals surface area contributed by atoms with E-state index in [0.717, 1.165) is 24.4 Å². The molecule has 16 heavy (non-hydrogen) atoms. The first-order valence-electron chi connectivity index (χ1n) is 7.18. The molecule has 0 amide bonds. The Kier molecular flexibility index (Phi) is 4.66. The Labute approximate surface area is 100 Å². The van der Waals surface area contributed by atoms with Crippen molar-refractivity contribution in [2.24, 2.45) is 5.92 Å². The van der Waals surface area contributed by atoms with E-state index in [0.29, 0.717) is 6.61 Å². The Morgan fingerprint density at radius 1 is 1.12 bits per heavy atom. The van der Waals surface area contributed by atoms with Crippen LogP contribution in [0.4, 0.5) is 0 Å². The van der Waals surface area contributed by atoms with Gasteiger partial charge in [0, 0.05) is 18.7 Å². The van der Waals surface area contributed by atoms with Crippen LogP contribution in [0.2, 0.25) is 0 Å². The van der Waals surface area contributed by atoms with E-state index in [1.807, 2.05) is 0 Å². The molecular formula is C14H27NO. The molecule has 94 valence electrons. The minimum absolute atomic E-state index is 0.367. The first-order valence-corrected chi connectivity index (χ1v) is 7.18. The van der Waals surface area contributed by atoms with Crippen LogP contribution in [0.15, 0.2) is 0 Å². The van der Waals surface area contributed by atoms with Crippen molar-refractivity contribution in [3.63, 3.8) is 0 Å². The molecule has 0 spiro atoms. The zero-order chi connectivity index (χ0) is 11.4. The number of aliphatic hydroxyl groups is 1. The van der Waals surface area contributed by atoms with Gasteiger partial charge in [0.25, 0.3) is 0 Å². The summed E-state index contributed by atoms with van der Waals surface area (Å²) in [4.78, 5) is 2.77. The lowest BCUT2D eigenvalue weighted by Crippen LogP contribution is -2.41. The molecule has 0 radical (unpaired) electrons. The van der Waals surface area contributed by atoms with Gasteiger partial charge in [-0.2, -0.15) is 0 Å². The second-order valence-corrected chi connectivity index (χ2v) is 5.81. The van der Waals surface area contributed by atoms with E-state index < -0.39 is 0 Å². The lowest BCUT2D eigenvalue weighted by molar-refractivity contribution is 0.117. The summed E-state index contributed by atoms with van der Waals surface area (Å²) in [6.07, 6.45) is 10.6. The van der Waals surface area contributed by atoms with Crippen LogP contribution in [0, 0.1) is 5.92 Å². The van der Waals surface area contributed by atoms with Gasteiger partial charge in [-0.25, -0.2) is 0 Å². The van der Waals surface area contributed by atoms with Gasteiger partial charge in [0.05, 0.1) is 0 Å². The van der Waals surface area contributed by atoms with E-state index >= 15 is 0 Å². The van der Waals surface area contributed by atoms with E-state index in [-0.39, 0.29) is 0 Å². The van der Waals surface area contributed by atoms with Crippen molar-refractivity contribution < 1.29 is 5.11 Å². The number of aliphatic hydroxyl groups excluding tert-OH is 1. The second kappa shape index (κ2) is 6.02. The van der Waals surface area contributed by atoms with E-state index in [9.17, 15) is 0 Å². The molecule has 1 heterocycles. The second-order valence-electron chi connectivity index (χ2n) is 5.81. The molecule has 2 heteroatoms. The quantitative estimate of drug-likeness (QED) is 0.795. The Morgan fingerprint density at radius 3 is 2.56 bits per heavy atom. The number of likely N-dealkylation sites (tertiary alicyclic amines) is 1. The summed E-state index contributed by atoms with van der Waals surface area (Å²) < 4.78 is 0. The van der Waals surface area contributed by atoms with Crippen LogP contribution in [0.3, 0.4) is 0 Å². The molecule has 2 aliphatic rings. The molecule has 2 fully saturated rings. The highest BCUT2D eigenvalue weighted by Crippen LogP contribution is 2.32. The van der Waals surface area contributed by atoms with Crippen molar-refractivity contribution in [2.75, 3.05) is 13.2 Å². The fourth-order valence-corrected chi connectivity index (χ4v) is 3.55. The van der Waals surface area contributed by atoms with Crippen molar-refractivity contribution in [2.45, 2.75) is 70.4 Å². The lowest BCUT2D eigenvalue weighted by Gasteiger charge is -2.37. The normalized spacial score (nSPS) is 36.8. The van der Waals surface area contributed by atoms with Gasteiger partial charge < -0.3 is 5.11 Å². The van der Waals surface area contributed by atoms with Crippen molar-refractivity contribution in [3.05, 3.63) is 0 Å². The Hall–Kier alpha value is -0.0800. The van der Waals surface area contributed by atoms with Crippen LogP contribution in [-0.2, 0) is 0 Å². The maximum atomic E-state index is 8.94. The summed E-state index contributed by atoms with van der Waals surface area (Å²) in [5.74, 6) is 0.953. The molecule has 0 aromatic carbocycles. The van der Waals surface area contributed by atoms with E-state index in [1.165, 1.54) is 51.5 Å². The number of rotatable bonds is 4. The Bertz CT molecular complexity index is 199. The summed E-state index contributed by atoms with van der Waals surface area (Å²) in [5.41, 5.74) is 0. The minimum Gasteiger partial charge on any atom is -0.396 e. The fraction of sp³-hybridized carbons (Fsp3) is 1.00. The van der Waals surface area contributed by atoms with Gasteiger partial charge in [0.1, 0.15) is 0 Å². The monoisotopic (exact) mass is 225 g/mol. The highest BCUT2D eigenvalue weighted by molar-refractivity contribution is 4.87. The molecular weight excluding hydrogens is 198 g/mol. The molecule has 2 nitrogen and oxygen atoms in total. The van der Waals surface area contributed by atoms with E-state index in [2.05, 4.69) is 11.8 Å². The summed E-state index contributed by atoms with van der Waals surface area (Å²) in [5, 5.41) is 8.94. The molecule has 1 aliphatic heterocycles. The largest absolute Gasteiger partial charge is 0.396 e. The molecule has 0 aromatic rings. The summed E-state index contributed by atoms with van der Waals surface area (Å²) in [7, 11) is 0. The zero-order valence-electron chi connectivity index (χ0n) is 10.7. The highest BCUT2D eigenvalue weighted by Gasteiger charge is 2.31. The molecule has 1 unspecified atom stereocenters. The molecule has 1 aliphatic carbocycles. The van der Waals surface area contributed by atoms with Gasteiger partial charge in [-0.3, -0.25) is 4.90 Å². The highest BCUT2D eigenvalue weighted by atomic mass is 16.2. The first-order chi connectivity index (χ1) is 7.81. The van der Waals surface area contributed by atoms with E-state index in [4.69, 9.17) is 5.11 Å². The van der Waals surface area contributed by atoms with Crippen LogP contribution < -0.4 is 0 Å². The van der Waals surface area contributed by atoms with Crippen LogP contribution in [0.1, 0.15) is 58.3 Å². The van der Waals surface area contributed by atoms with Crippen LogP contribution in [-0.4, -0.2) is 35.2 Å². The van der Waals surface area contributed by atoms with Gasteiger partial charge in [-0.15, -0.1) is 0 Å². The van der Waals surface area contributed by atoms with Crippen molar-refractivity contribution in [1.29, 1.82) is 0 Å². The predicted molar refractivity (Wildman–Crippen MR) is 67.5 cm³/mol. The van der Waals surface area contributed by atoms with Gasteiger partial charge in [-0.05, 0) is 63.8 Å². The Balaban J connectivity index is 1.82. The zero-order valence-corrected chi connectivity index (χ0v) is 10.7. The molecule has 1 atom stereocenters. The van der Waals surface area contributed by atoms with Crippen molar-refractivity contribution >= 4 is 0 Å². The topological polar surface area (TPSA) is 23.5 Å². The van der Waals surface area contributed by atoms with Gasteiger partial charge in [-0.1, -0.05) is 6.92 Å². The SMILES string of the molecule is CC1CCC(N2CCCC2CCCO)CC1. The molecule has 0 bridgehead atoms. The maximum Gasteiger partial charge on any atom is 0.0431 e. The van der Waals surface area contributed by atoms with E-state index in [1.54, 1.807) is 0 Å². The summed E-state index contributed by atoms with van der Waals surface area (Å²) >= 11 is 0. The molecule has 1 saturated heterocycles. The fourth-order valence-electron chi connectivity index (χ4n) is 3.55. The third-order valence-corrected chi connectivity index (χ3v) is 4.57. The summed E-state index contributed by atoms with van der Waals surface area (Å²) in [6, 6.07) is 1.65. The standard InChI is InChI=1S/C14H27NO/c1-12-6-8-14(9-7-12)15-10-2-4-13(15)5-3-11-16/h12-14,16H,2-11H2,1H3. The average molecular weight is 225 g/mol. The number of hydrogen-bond donors (Lipinski definition) is 1. The maximum absolute atomic E-state index is 8.94. The van der Waals surface area contributed by atoms with Crippen LogP contribution in [0.25, 0.3) is 0 Å². The van der Waals surface area contributed by atoms with Gasteiger partial charge in [0.15, 0.2) is 0 Å². The smallest absolute Gasteiger partial charge is 0.0431 e. The van der Waals surface area contributed by atoms with Crippen molar-refractivity contribution in [1.82, 2.24) is 4.90 Å². The predicted octanol–water partition coefficient (Wildman–Crippen LogP) is 2.80. The Morgan fingerprint density at radius 2 is 1.88 bits per heavy atom. The minimum atomic E-state index is 0.367. The van der Waals surface area contributed by atoms with Crippen LogP contribution >= 0.6 is 0 Å². The molecule has 2 rings (SSSR count). The van der Waals surface area contributed by atoms with Crippen molar-refractivity contribution in [3.8, 4) is 0 Å². The van der Waals surface area contributed by atoms with Crippen LogP contribution in [0.5, 0.6) is 0 Å². The van der Waals surface area contributed by atoms with Gasteiger partial charge >= 0.3 is 0 Å². The molecule has 1 N–H and O–H groups in total. The third-order valence-electron chi connectivity index (χ3n) is 4.57. The third kappa shape index (κ3) is 2.98. The average Bonchev–Trinajstić information content (AvgIpc) is 2.75. The molecule has 1 saturated carbocycles. The lowest BCUT2D eigenvalue weighted by atomic mass is 9.86. The number of nitrogens with zero attached hydrogens (tertiary/aromatic N) is 1.